The number of hydrogen-bond acceptors (Lipinski definition) is 1. The van der Waals surface area contributed by atoms with Gasteiger partial charge in [0, 0.05) is 17.8 Å². The predicted octanol–water partition coefficient (Wildman–Crippen LogP) is 2.67. The average molecular weight is 243 g/mol. The normalized spacial score (nSPS) is 9.08. The number of benzene rings is 1. The van der Waals surface area contributed by atoms with E-state index in [1.54, 1.807) is 0 Å². The van der Waals surface area contributed by atoms with Gasteiger partial charge in [-0.1, -0.05) is 27.8 Å². The fraction of sp³-hybridized carbons (Fsp3) is 0.200. The SMILES string of the molecule is Oc1cc(F)ccc1C#CCCBr. The molecule has 0 aromatic heterocycles. The molecule has 0 bridgehead atoms. The lowest BCUT2D eigenvalue weighted by Crippen LogP contribution is -1.79. The number of aromatic hydroxyl groups is 1. The molecule has 0 heterocycles. The molecule has 0 fully saturated rings. The number of halogens is 2. The van der Waals surface area contributed by atoms with Gasteiger partial charge in [-0.25, -0.2) is 4.39 Å². The first-order valence-corrected chi connectivity index (χ1v) is 4.89. The van der Waals surface area contributed by atoms with Gasteiger partial charge in [-0.15, -0.1) is 0 Å². The van der Waals surface area contributed by atoms with Crippen LogP contribution in [0.1, 0.15) is 12.0 Å². The van der Waals surface area contributed by atoms with Gasteiger partial charge in [-0.3, -0.25) is 0 Å². The minimum absolute atomic E-state index is 0.109. The van der Waals surface area contributed by atoms with Gasteiger partial charge < -0.3 is 5.11 Å². The van der Waals surface area contributed by atoms with Gasteiger partial charge in [0.15, 0.2) is 0 Å². The standard InChI is InChI=1S/C10H8BrFO/c11-6-2-1-3-8-4-5-9(12)7-10(8)13/h4-5,7,13H,2,6H2. The van der Waals surface area contributed by atoms with E-state index >= 15 is 0 Å². The summed E-state index contributed by atoms with van der Waals surface area (Å²) < 4.78 is 12.5. The first-order chi connectivity index (χ1) is 6.24. The van der Waals surface area contributed by atoms with Crippen LogP contribution < -0.4 is 0 Å². The molecule has 0 radical (unpaired) electrons. The first kappa shape index (κ1) is 10.1. The molecule has 0 aliphatic rings. The van der Waals surface area contributed by atoms with E-state index in [0.29, 0.717) is 12.0 Å². The zero-order valence-corrected chi connectivity index (χ0v) is 8.44. The Bertz CT molecular complexity index is 352. The van der Waals surface area contributed by atoms with Crippen LogP contribution in [0, 0.1) is 17.7 Å². The zero-order chi connectivity index (χ0) is 9.68. The van der Waals surface area contributed by atoms with Crippen molar-refractivity contribution in [3.63, 3.8) is 0 Å². The number of alkyl halides is 1. The van der Waals surface area contributed by atoms with Crippen molar-refractivity contribution in [1.29, 1.82) is 0 Å². The molecular formula is C10H8BrFO. The highest BCUT2D eigenvalue weighted by Crippen LogP contribution is 2.16. The van der Waals surface area contributed by atoms with Crippen molar-refractivity contribution in [1.82, 2.24) is 0 Å². The summed E-state index contributed by atoms with van der Waals surface area (Å²) in [5.41, 5.74) is 0.461. The molecule has 1 nitrogen and oxygen atoms in total. The Morgan fingerprint density at radius 2 is 2.23 bits per heavy atom. The Balaban J connectivity index is 2.85. The van der Waals surface area contributed by atoms with Crippen LogP contribution in [0.25, 0.3) is 0 Å². The second kappa shape index (κ2) is 4.88. The quantitative estimate of drug-likeness (QED) is 0.593. The van der Waals surface area contributed by atoms with Gasteiger partial charge in [0.25, 0.3) is 0 Å². The lowest BCUT2D eigenvalue weighted by Gasteiger charge is -1.95. The van der Waals surface area contributed by atoms with Crippen molar-refractivity contribution in [2.75, 3.05) is 5.33 Å². The molecule has 1 N–H and O–H groups in total. The summed E-state index contributed by atoms with van der Waals surface area (Å²) in [5.74, 6) is 5.01. The fourth-order valence-corrected chi connectivity index (χ4v) is 1.01. The molecule has 0 saturated heterocycles. The van der Waals surface area contributed by atoms with Crippen LogP contribution >= 0.6 is 15.9 Å². The molecule has 0 unspecified atom stereocenters. The molecule has 3 heteroatoms. The Hall–Kier alpha value is -1.01. The van der Waals surface area contributed by atoms with Crippen LogP contribution in [-0.2, 0) is 0 Å². The van der Waals surface area contributed by atoms with E-state index in [1.807, 2.05) is 0 Å². The lowest BCUT2D eigenvalue weighted by molar-refractivity contribution is 0.467. The third kappa shape index (κ3) is 3.08. The molecule has 1 aromatic carbocycles. The molecule has 0 amide bonds. The smallest absolute Gasteiger partial charge is 0.134 e. The molecule has 0 spiro atoms. The Morgan fingerprint density at radius 3 is 2.85 bits per heavy atom. The monoisotopic (exact) mass is 242 g/mol. The van der Waals surface area contributed by atoms with Gasteiger partial charge in [-0.05, 0) is 12.1 Å². The van der Waals surface area contributed by atoms with Gasteiger partial charge in [0.1, 0.15) is 11.6 Å². The number of phenolic OH excluding ortho intramolecular Hbond substituents is 1. The van der Waals surface area contributed by atoms with Gasteiger partial charge >= 0.3 is 0 Å². The van der Waals surface area contributed by atoms with E-state index in [9.17, 15) is 9.50 Å². The maximum absolute atomic E-state index is 12.5. The summed E-state index contributed by atoms with van der Waals surface area (Å²) in [5, 5.41) is 10.0. The molecule has 0 saturated carbocycles. The molecule has 0 atom stereocenters. The van der Waals surface area contributed by atoms with Crippen LogP contribution in [-0.4, -0.2) is 10.4 Å². The van der Waals surface area contributed by atoms with Crippen LogP contribution in [0.5, 0.6) is 5.75 Å². The van der Waals surface area contributed by atoms with Gasteiger partial charge in [0.05, 0.1) is 5.56 Å². The van der Waals surface area contributed by atoms with E-state index in [0.717, 1.165) is 11.4 Å². The summed E-state index contributed by atoms with van der Waals surface area (Å²) in [7, 11) is 0. The molecule has 0 aliphatic heterocycles. The Kier molecular flexibility index (Phi) is 3.78. The highest BCUT2D eigenvalue weighted by molar-refractivity contribution is 9.09. The highest BCUT2D eigenvalue weighted by atomic mass is 79.9. The largest absolute Gasteiger partial charge is 0.507 e. The van der Waals surface area contributed by atoms with Crippen LogP contribution in [0.4, 0.5) is 4.39 Å². The average Bonchev–Trinajstić information content (AvgIpc) is 2.09. The van der Waals surface area contributed by atoms with Crippen LogP contribution in [0.2, 0.25) is 0 Å². The van der Waals surface area contributed by atoms with E-state index in [1.165, 1.54) is 12.1 Å². The van der Waals surface area contributed by atoms with Gasteiger partial charge in [-0.2, -0.15) is 0 Å². The van der Waals surface area contributed by atoms with E-state index in [4.69, 9.17) is 0 Å². The number of hydrogen-bond donors (Lipinski definition) is 1. The topological polar surface area (TPSA) is 20.2 Å². The first-order valence-electron chi connectivity index (χ1n) is 3.77. The van der Waals surface area contributed by atoms with Crippen LogP contribution in [0.3, 0.4) is 0 Å². The zero-order valence-electron chi connectivity index (χ0n) is 6.85. The summed E-state index contributed by atoms with van der Waals surface area (Å²) >= 11 is 3.23. The fourth-order valence-electron chi connectivity index (χ4n) is 0.815. The Labute approximate surface area is 84.7 Å². The molecule has 68 valence electrons. The Morgan fingerprint density at radius 1 is 1.46 bits per heavy atom. The van der Waals surface area contributed by atoms with Crippen LogP contribution in [0.15, 0.2) is 18.2 Å². The summed E-state index contributed by atoms with van der Waals surface area (Å²) in [4.78, 5) is 0. The summed E-state index contributed by atoms with van der Waals surface area (Å²) in [6.07, 6.45) is 0.705. The van der Waals surface area contributed by atoms with E-state index in [2.05, 4.69) is 27.8 Å². The molecule has 0 aliphatic carbocycles. The molecule has 1 aromatic rings. The van der Waals surface area contributed by atoms with Crippen molar-refractivity contribution in [2.45, 2.75) is 6.42 Å². The second-order valence-corrected chi connectivity index (χ2v) is 3.20. The van der Waals surface area contributed by atoms with E-state index in [-0.39, 0.29) is 5.75 Å². The summed E-state index contributed by atoms with van der Waals surface area (Å²) in [6.45, 7) is 0. The van der Waals surface area contributed by atoms with Crippen molar-refractivity contribution in [2.24, 2.45) is 0 Å². The number of phenols is 1. The maximum atomic E-state index is 12.5. The van der Waals surface area contributed by atoms with Crippen molar-refractivity contribution < 1.29 is 9.50 Å². The molecular weight excluding hydrogens is 235 g/mol. The second-order valence-electron chi connectivity index (χ2n) is 2.40. The minimum Gasteiger partial charge on any atom is -0.507 e. The third-order valence-electron chi connectivity index (χ3n) is 1.40. The number of rotatable bonds is 1. The third-order valence-corrected chi connectivity index (χ3v) is 1.80. The molecule has 1 rings (SSSR count). The van der Waals surface area contributed by atoms with Gasteiger partial charge in [0.2, 0.25) is 0 Å². The summed E-state index contributed by atoms with van der Waals surface area (Å²) in [6, 6.07) is 3.79. The highest BCUT2D eigenvalue weighted by Gasteiger charge is 1.98. The van der Waals surface area contributed by atoms with Crippen molar-refractivity contribution >= 4 is 15.9 Å². The maximum Gasteiger partial charge on any atom is 0.134 e. The predicted molar refractivity (Wildman–Crippen MR) is 53.4 cm³/mol. The lowest BCUT2D eigenvalue weighted by atomic mass is 10.2. The van der Waals surface area contributed by atoms with E-state index < -0.39 is 5.82 Å². The minimum atomic E-state index is -0.455. The van der Waals surface area contributed by atoms with Crippen molar-refractivity contribution in [3.05, 3.63) is 29.6 Å². The van der Waals surface area contributed by atoms with Crippen molar-refractivity contribution in [3.8, 4) is 17.6 Å². The molecule has 13 heavy (non-hydrogen) atoms.